The van der Waals surface area contributed by atoms with Crippen LogP contribution in [-0.2, 0) is 4.79 Å². The van der Waals surface area contributed by atoms with Crippen molar-refractivity contribution in [1.82, 2.24) is 10.2 Å². The van der Waals surface area contributed by atoms with Crippen LogP contribution in [0.5, 0.6) is 0 Å². The van der Waals surface area contributed by atoms with E-state index in [9.17, 15) is 14.7 Å². The van der Waals surface area contributed by atoms with Crippen molar-refractivity contribution in [2.24, 2.45) is 17.3 Å². The Labute approximate surface area is 128 Å². The minimum absolute atomic E-state index is 0.234. The molecule has 21 heavy (non-hydrogen) atoms. The van der Waals surface area contributed by atoms with E-state index in [0.717, 1.165) is 12.8 Å². The number of piperidine rings is 1. The fourth-order valence-corrected chi connectivity index (χ4v) is 2.88. The van der Waals surface area contributed by atoms with Crippen molar-refractivity contribution in [2.45, 2.75) is 59.9 Å². The van der Waals surface area contributed by atoms with E-state index in [-0.39, 0.29) is 17.4 Å². The third-order valence-corrected chi connectivity index (χ3v) is 4.31. The summed E-state index contributed by atoms with van der Waals surface area (Å²) in [7, 11) is 0. The highest BCUT2D eigenvalue weighted by Gasteiger charge is 2.31. The lowest BCUT2D eigenvalue weighted by Crippen LogP contribution is -2.51. The molecule has 0 aromatic carbocycles. The van der Waals surface area contributed by atoms with Crippen molar-refractivity contribution in [3.05, 3.63) is 0 Å². The first-order valence-electron chi connectivity index (χ1n) is 7.89. The fraction of sp³-hybridized carbons (Fsp3) is 0.875. The number of carboxylic acid groups (broad SMARTS) is 1. The van der Waals surface area contributed by atoms with Crippen LogP contribution in [0.25, 0.3) is 0 Å². The zero-order chi connectivity index (χ0) is 16.2. The summed E-state index contributed by atoms with van der Waals surface area (Å²) in [5.74, 6) is -0.105. The standard InChI is InChI=1S/C16H30N2O3/c1-11(2)10-13(14(19)20)17-15(21)18-8-6-12(7-9-18)16(3,4)5/h11-13H,6-10H2,1-5H3,(H,17,21)(H,19,20)/t13-/m0/s1. The Bertz CT molecular complexity index is 366. The minimum atomic E-state index is -0.957. The van der Waals surface area contributed by atoms with Crippen molar-refractivity contribution >= 4 is 12.0 Å². The van der Waals surface area contributed by atoms with Gasteiger partial charge in [-0.25, -0.2) is 9.59 Å². The lowest BCUT2D eigenvalue weighted by atomic mass is 9.75. The van der Waals surface area contributed by atoms with Gasteiger partial charge < -0.3 is 15.3 Å². The maximum atomic E-state index is 12.2. The van der Waals surface area contributed by atoms with Gasteiger partial charge in [0.05, 0.1) is 0 Å². The average molecular weight is 298 g/mol. The second kappa shape index (κ2) is 7.14. The lowest BCUT2D eigenvalue weighted by molar-refractivity contribution is -0.139. The molecule has 1 fully saturated rings. The van der Waals surface area contributed by atoms with E-state index in [1.54, 1.807) is 4.90 Å². The van der Waals surface area contributed by atoms with Gasteiger partial charge in [0, 0.05) is 13.1 Å². The predicted molar refractivity (Wildman–Crippen MR) is 83.2 cm³/mol. The second-order valence-electron chi connectivity index (χ2n) is 7.60. The molecular formula is C16H30N2O3. The summed E-state index contributed by atoms with van der Waals surface area (Å²) in [5.41, 5.74) is 0.268. The molecule has 0 bridgehead atoms. The van der Waals surface area contributed by atoms with Crippen molar-refractivity contribution in [3.8, 4) is 0 Å². The SMILES string of the molecule is CC(C)C[C@H](NC(=O)N1CCC(C(C)(C)C)CC1)C(=O)O. The number of aliphatic carboxylic acids is 1. The summed E-state index contributed by atoms with van der Waals surface area (Å²) in [4.78, 5) is 25.2. The van der Waals surface area contributed by atoms with E-state index < -0.39 is 12.0 Å². The third kappa shape index (κ3) is 5.56. The largest absolute Gasteiger partial charge is 0.480 e. The van der Waals surface area contributed by atoms with Gasteiger partial charge >= 0.3 is 12.0 Å². The number of carboxylic acids is 1. The quantitative estimate of drug-likeness (QED) is 0.838. The highest BCUT2D eigenvalue weighted by Crippen LogP contribution is 2.34. The first kappa shape index (κ1) is 17.8. The third-order valence-electron chi connectivity index (χ3n) is 4.31. The van der Waals surface area contributed by atoms with Crippen LogP contribution in [0.1, 0.15) is 53.9 Å². The van der Waals surface area contributed by atoms with Gasteiger partial charge in [0.15, 0.2) is 0 Å². The summed E-state index contributed by atoms with van der Waals surface area (Å²) < 4.78 is 0. The molecule has 1 aliphatic rings. The molecular weight excluding hydrogens is 268 g/mol. The van der Waals surface area contributed by atoms with Crippen molar-refractivity contribution < 1.29 is 14.7 Å². The maximum Gasteiger partial charge on any atom is 0.326 e. The molecule has 1 rings (SSSR count). The number of urea groups is 1. The zero-order valence-electron chi connectivity index (χ0n) is 14.0. The van der Waals surface area contributed by atoms with Crippen LogP contribution in [0.15, 0.2) is 0 Å². The number of hydrogen-bond acceptors (Lipinski definition) is 2. The van der Waals surface area contributed by atoms with Crippen LogP contribution in [0.2, 0.25) is 0 Å². The van der Waals surface area contributed by atoms with Gasteiger partial charge in [-0.3, -0.25) is 0 Å². The van der Waals surface area contributed by atoms with Gasteiger partial charge in [-0.1, -0.05) is 34.6 Å². The number of nitrogens with one attached hydrogen (secondary N) is 1. The molecule has 5 heteroatoms. The van der Waals surface area contributed by atoms with Gasteiger partial charge in [0.1, 0.15) is 6.04 Å². The van der Waals surface area contributed by atoms with Crippen molar-refractivity contribution in [3.63, 3.8) is 0 Å². The Kier molecular flexibility index (Phi) is 6.05. The topological polar surface area (TPSA) is 69.6 Å². The second-order valence-corrected chi connectivity index (χ2v) is 7.60. The zero-order valence-corrected chi connectivity index (χ0v) is 14.0. The van der Waals surface area contributed by atoms with Crippen LogP contribution in [-0.4, -0.2) is 41.1 Å². The number of rotatable bonds is 4. The Morgan fingerprint density at radius 1 is 1.24 bits per heavy atom. The lowest BCUT2D eigenvalue weighted by Gasteiger charge is -2.39. The van der Waals surface area contributed by atoms with E-state index in [4.69, 9.17) is 0 Å². The summed E-state index contributed by atoms with van der Waals surface area (Å²) >= 11 is 0. The fourth-order valence-electron chi connectivity index (χ4n) is 2.88. The van der Waals surface area contributed by atoms with Crippen LogP contribution >= 0.6 is 0 Å². The molecule has 0 aliphatic carbocycles. The van der Waals surface area contributed by atoms with Gasteiger partial charge in [0.25, 0.3) is 0 Å². The molecule has 0 spiro atoms. The van der Waals surface area contributed by atoms with E-state index in [1.807, 2.05) is 13.8 Å². The number of nitrogens with zero attached hydrogens (tertiary/aromatic N) is 1. The minimum Gasteiger partial charge on any atom is -0.480 e. The van der Waals surface area contributed by atoms with Crippen LogP contribution < -0.4 is 5.32 Å². The van der Waals surface area contributed by atoms with Gasteiger partial charge in [-0.05, 0) is 36.5 Å². The van der Waals surface area contributed by atoms with E-state index in [0.29, 0.717) is 25.4 Å². The molecule has 1 atom stereocenters. The van der Waals surface area contributed by atoms with Gasteiger partial charge in [-0.2, -0.15) is 0 Å². The molecule has 0 aromatic rings. The molecule has 0 radical (unpaired) electrons. The number of likely N-dealkylation sites (tertiary alicyclic amines) is 1. The summed E-state index contributed by atoms with van der Waals surface area (Å²) in [6.45, 7) is 12.0. The number of amides is 2. The number of carbonyl (C=O) groups excluding carboxylic acids is 1. The monoisotopic (exact) mass is 298 g/mol. The Balaban J connectivity index is 2.51. The Hall–Kier alpha value is -1.26. The van der Waals surface area contributed by atoms with Crippen molar-refractivity contribution in [2.75, 3.05) is 13.1 Å². The van der Waals surface area contributed by atoms with E-state index in [2.05, 4.69) is 26.1 Å². The van der Waals surface area contributed by atoms with E-state index >= 15 is 0 Å². The van der Waals surface area contributed by atoms with Crippen LogP contribution in [0.4, 0.5) is 4.79 Å². The Morgan fingerprint density at radius 2 is 1.76 bits per heavy atom. The van der Waals surface area contributed by atoms with Crippen LogP contribution in [0, 0.1) is 17.3 Å². The molecule has 0 saturated carbocycles. The molecule has 122 valence electrons. The molecule has 2 N–H and O–H groups in total. The number of carbonyl (C=O) groups is 2. The normalized spacial score (nSPS) is 18.7. The van der Waals surface area contributed by atoms with Crippen LogP contribution in [0.3, 0.4) is 0 Å². The molecule has 1 aliphatic heterocycles. The summed E-state index contributed by atoms with van der Waals surface area (Å²) in [5, 5.41) is 11.8. The first-order valence-corrected chi connectivity index (χ1v) is 7.89. The molecule has 0 aromatic heterocycles. The molecule has 0 unspecified atom stereocenters. The summed E-state index contributed by atoms with van der Waals surface area (Å²) in [6.07, 6.45) is 2.43. The molecule has 1 saturated heterocycles. The van der Waals surface area contributed by atoms with Crippen molar-refractivity contribution in [1.29, 1.82) is 0 Å². The first-order chi connectivity index (χ1) is 9.61. The van der Waals surface area contributed by atoms with Gasteiger partial charge in [-0.15, -0.1) is 0 Å². The molecule has 2 amide bonds. The summed E-state index contributed by atoms with van der Waals surface area (Å²) in [6, 6.07) is -1.03. The Morgan fingerprint density at radius 3 is 2.14 bits per heavy atom. The average Bonchev–Trinajstić information content (AvgIpc) is 2.36. The smallest absolute Gasteiger partial charge is 0.326 e. The highest BCUT2D eigenvalue weighted by atomic mass is 16.4. The molecule has 1 heterocycles. The van der Waals surface area contributed by atoms with Gasteiger partial charge in [0.2, 0.25) is 0 Å². The molecule has 5 nitrogen and oxygen atoms in total. The maximum absolute atomic E-state index is 12.2. The predicted octanol–water partition coefficient (Wildman–Crippen LogP) is 2.95. The highest BCUT2D eigenvalue weighted by molar-refractivity contribution is 5.82. The van der Waals surface area contributed by atoms with E-state index in [1.165, 1.54) is 0 Å². The number of hydrogen-bond donors (Lipinski definition) is 2.